The van der Waals surface area contributed by atoms with Crippen LogP contribution in [0.3, 0.4) is 0 Å². The number of oxime groups is 1. The van der Waals surface area contributed by atoms with Gasteiger partial charge >= 0.3 is 5.97 Å². The molecular weight excluding hydrogens is 504 g/mol. The number of anilines is 1. The van der Waals surface area contributed by atoms with Crippen molar-refractivity contribution in [3.8, 4) is 12.3 Å². The highest BCUT2D eigenvalue weighted by molar-refractivity contribution is 8.01. The topological polar surface area (TPSA) is 189 Å². The Morgan fingerprint density at radius 3 is 3.00 bits per heavy atom. The number of amides is 2. The van der Waals surface area contributed by atoms with E-state index in [1.54, 1.807) is 0 Å². The largest absolute Gasteiger partial charge is 0.477 e. The van der Waals surface area contributed by atoms with Crippen LogP contribution in [0.4, 0.5) is 5.13 Å². The van der Waals surface area contributed by atoms with E-state index < -0.39 is 29.2 Å². The van der Waals surface area contributed by atoms with Crippen LogP contribution in [-0.2, 0) is 19.2 Å². The second-order valence-corrected chi connectivity index (χ2v) is 9.69. The monoisotopic (exact) mass is 520 g/mol. The van der Waals surface area contributed by atoms with Crippen LogP contribution in [0, 0.1) is 12.3 Å². The number of carbonyl (C=O) groups is 3. The number of nitrogens with zero attached hydrogens (tertiary/aromatic N) is 5. The van der Waals surface area contributed by atoms with E-state index in [4.69, 9.17) is 17.0 Å². The Morgan fingerprint density at radius 2 is 2.35 bits per heavy atom. The number of nitrogens with one attached hydrogen (secondary N) is 2. The van der Waals surface area contributed by atoms with Gasteiger partial charge in [0.15, 0.2) is 17.5 Å². The molecule has 4 heterocycles. The number of aromatic amines is 1. The van der Waals surface area contributed by atoms with Crippen LogP contribution in [0.15, 0.2) is 33.0 Å². The number of H-pyrrole nitrogens is 1. The molecule has 0 saturated carbocycles. The molecule has 0 bridgehead atoms. The summed E-state index contributed by atoms with van der Waals surface area (Å²) >= 11 is 3.75. The second kappa shape index (κ2) is 10.2. The number of thioether (sulfide) groups is 2. The van der Waals surface area contributed by atoms with Crippen molar-refractivity contribution in [3.05, 3.63) is 28.5 Å². The second-order valence-electron chi connectivity index (χ2n) is 6.70. The van der Waals surface area contributed by atoms with E-state index in [9.17, 15) is 19.5 Å². The molecule has 2 amide bonds. The van der Waals surface area contributed by atoms with Gasteiger partial charge in [-0.3, -0.25) is 14.5 Å². The number of hydrogen-bond donors (Lipinski definition) is 4. The third-order valence-electron chi connectivity index (χ3n) is 4.61. The molecule has 176 valence electrons. The number of terminal acetylenes is 1. The van der Waals surface area contributed by atoms with Crippen LogP contribution < -0.4 is 11.1 Å². The first-order valence-corrected chi connectivity index (χ1v) is 12.4. The molecule has 4 rings (SSSR count). The van der Waals surface area contributed by atoms with E-state index in [0.717, 1.165) is 11.3 Å². The van der Waals surface area contributed by atoms with Crippen molar-refractivity contribution in [3.63, 3.8) is 0 Å². The fourth-order valence-electron chi connectivity index (χ4n) is 3.16. The Morgan fingerprint density at radius 1 is 1.53 bits per heavy atom. The zero-order chi connectivity index (χ0) is 24.2. The smallest absolute Gasteiger partial charge is 0.352 e. The Labute approximate surface area is 204 Å². The van der Waals surface area contributed by atoms with Crippen molar-refractivity contribution in [2.45, 2.75) is 16.4 Å². The van der Waals surface area contributed by atoms with Crippen LogP contribution in [-0.4, -0.2) is 83.4 Å². The Bertz CT molecular complexity index is 1220. The molecule has 0 aromatic carbocycles. The third-order valence-corrected chi connectivity index (χ3v) is 7.61. The summed E-state index contributed by atoms with van der Waals surface area (Å²) in [6.07, 6.45) is 6.66. The lowest BCUT2D eigenvalue weighted by Gasteiger charge is -2.49. The van der Waals surface area contributed by atoms with Crippen molar-refractivity contribution in [1.29, 1.82) is 0 Å². The maximum atomic E-state index is 12.9. The molecule has 1 fully saturated rings. The van der Waals surface area contributed by atoms with Crippen LogP contribution in [0.1, 0.15) is 5.69 Å². The van der Waals surface area contributed by atoms with E-state index >= 15 is 0 Å². The van der Waals surface area contributed by atoms with Crippen LogP contribution in [0.25, 0.3) is 0 Å². The lowest BCUT2D eigenvalue weighted by Crippen LogP contribution is -2.71. The molecule has 0 radical (unpaired) electrons. The zero-order valence-corrected chi connectivity index (χ0v) is 19.6. The number of nitrogen functional groups attached to an aromatic ring is 1. The molecule has 1 saturated heterocycles. The number of β-lactam (4-membered cyclic amide) rings is 1. The Kier molecular flexibility index (Phi) is 7.05. The normalized spacial score (nSPS) is 19.8. The highest BCUT2D eigenvalue weighted by Gasteiger charge is 2.54. The molecule has 0 aliphatic carbocycles. The molecule has 0 spiro atoms. The minimum absolute atomic E-state index is 0.0891. The molecule has 13 nitrogen and oxygen atoms in total. The van der Waals surface area contributed by atoms with Gasteiger partial charge in [-0.25, -0.2) is 9.78 Å². The molecule has 34 heavy (non-hydrogen) atoms. The number of carbonyl (C=O) groups excluding carboxylic acids is 2. The minimum atomic E-state index is -1.22. The molecule has 2 aromatic heterocycles. The van der Waals surface area contributed by atoms with E-state index in [-0.39, 0.29) is 28.8 Å². The van der Waals surface area contributed by atoms with Gasteiger partial charge in [0.25, 0.3) is 11.8 Å². The van der Waals surface area contributed by atoms with Crippen LogP contribution >= 0.6 is 34.9 Å². The van der Waals surface area contributed by atoms with Crippen LogP contribution in [0.2, 0.25) is 0 Å². The van der Waals surface area contributed by atoms with Gasteiger partial charge in [-0.1, -0.05) is 22.8 Å². The first kappa shape index (κ1) is 23.6. The SMILES string of the molecule is C#CCO/N=C(/C(=O)NC1C(=O)N2C(C(=O)O)=C(CSc3cn[nH]n3)CS[C@H]12)c1csc(N)n1. The number of thiazole rings is 1. The molecular formula is C18H16N8O5S3. The van der Waals surface area contributed by atoms with Gasteiger partial charge in [0.05, 0.1) is 6.20 Å². The quantitative estimate of drug-likeness (QED) is 0.0850. The molecule has 16 heteroatoms. The summed E-state index contributed by atoms with van der Waals surface area (Å²) in [4.78, 5) is 47.9. The number of rotatable bonds is 9. The fraction of sp³-hybridized carbons (Fsp3) is 0.278. The summed E-state index contributed by atoms with van der Waals surface area (Å²) in [5.41, 5.74) is 6.09. The molecule has 1 unspecified atom stereocenters. The summed E-state index contributed by atoms with van der Waals surface area (Å²) < 4.78 is 0. The summed E-state index contributed by atoms with van der Waals surface area (Å²) in [6, 6.07) is -0.953. The van der Waals surface area contributed by atoms with Crippen molar-refractivity contribution in [2.75, 3.05) is 23.8 Å². The van der Waals surface area contributed by atoms with Gasteiger partial charge in [0, 0.05) is 16.9 Å². The number of hydrogen-bond acceptors (Lipinski definition) is 12. The number of nitrogens with two attached hydrogens (primary N) is 1. The van der Waals surface area contributed by atoms with Gasteiger partial charge in [-0.05, 0) is 5.57 Å². The van der Waals surface area contributed by atoms with Crippen molar-refractivity contribution in [1.82, 2.24) is 30.6 Å². The Balaban J connectivity index is 1.49. The van der Waals surface area contributed by atoms with E-state index in [1.165, 1.54) is 40.0 Å². The lowest BCUT2D eigenvalue weighted by molar-refractivity contribution is -0.150. The van der Waals surface area contributed by atoms with E-state index in [1.807, 2.05) is 0 Å². The van der Waals surface area contributed by atoms with Crippen LogP contribution in [0.5, 0.6) is 0 Å². The van der Waals surface area contributed by atoms with Gasteiger partial charge in [-0.2, -0.15) is 10.3 Å². The average Bonchev–Trinajstić information content (AvgIpc) is 3.49. The number of carboxylic acid groups (broad SMARTS) is 1. The van der Waals surface area contributed by atoms with E-state index in [0.29, 0.717) is 22.1 Å². The van der Waals surface area contributed by atoms with Gasteiger partial charge < -0.3 is 21.0 Å². The van der Waals surface area contributed by atoms with Crippen molar-refractivity contribution >= 4 is 63.5 Å². The maximum absolute atomic E-state index is 12.9. The van der Waals surface area contributed by atoms with Crippen molar-refractivity contribution in [2.24, 2.45) is 5.16 Å². The number of aromatic nitrogens is 4. The summed E-state index contributed by atoms with van der Waals surface area (Å²) in [5.74, 6) is 0.416. The first-order valence-electron chi connectivity index (χ1n) is 9.45. The molecule has 5 N–H and O–H groups in total. The average molecular weight is 521 g/mol. The number of carboxylic acids is 1. The Hall–Kier alpha value is -3.55. The van der Waals surface area contributed by atoms with Gasteiger partial charge in [-0.15, -0.1) is 34.6 Å². The minimum Gasteiger partial charge on any atom is -0.477 e. The maximum Gasteiger partial charge on any atom is 0.352 e. The van der Waals surface area contributed by atoms with Gasteiger partial charge in [0.2, 0.25) is 0 Å². The molecule has 2 aliphatic rings. The van der Waals surface area contributed by atoms with Gasteiger partial charge in [0.1, 0.15) is 27.8 Å². The predicted molar refractivity (Wildman–Crippen MR) is 125 cm³/mol. The highest BCUT2D eigenvalue weighted by atomic mass is 32.2. The summed E-state index contributed by atoms with van der Waals surface area (Å²) in [6.45, 7) is -0.174. The molecule has 2 aliphatic heterocycles. The zero-order valence-electron chi connectivity index (χ0n) is 17.1. The summed E-state index contributed by atoms with van der Waals surface area (Å²) in [5, 5.41) is 28.0. The first-order chi connectivity index (χ1) is 16.4. The number of aliphatic carboxylic acids is 1. The van der Waals surface area contributed by atoms with Crippen molar-refractivity contribution < 1.29 is 24.3 Å². The predicted octanol–water partition coefficient (Wildman–Crippen LogP) is -0.272. The molecule has 2 aromatic rings. The third kappa shape index (κ3) is 4.71. The van der Waals surface area contributed by atoms with E-state index in [2.05, 4.69) is 36.8 Å². The fourth-order valence-corrected chi connectivity index (χ4v) is 5.98. The number of fused-ring (bicyclic) bond motifs is 1. The molecule has 2 atom stereocenters. The summed E-state index contributed by atoms with van der Waals surface area (Å²) in [7, 11) is 0. The lowest BCUT2D eigenvalue weighted by atomic mass is 10.0. The highest BCUT2D eigenvalue weighted by Crippen LogP contribution is 2.41. The standard InChI is InChI=1S/C18H16N8O5S3/c1-2-3-31-24-11(9-7-34-18(19)21-9)14(27)22-12-15(28)26-13(17(29)30)8(6-33-16(12)26)5-32-10-4-20-25-23-10/h1,4,7,12,16H,3,5-6H2,(H2,19,21)(H,22,27)(H,29,30)(H,20,23,25)/b24-11+/t12?,16-/m1/s1.